The molecule has 1 aromatic rings. The summed E-state index contributed by atoms with van der Waals surface area (Å²) in [5.41, 5.74) is 0.200. The molecule has 3 unspecified atom stereocenters. The zero-order chi connectivity index (χ0) is 14.8. The molecular formula is C18H22F2O. The third-order valence-electron chi connectivity index (χ3n) is 5.37. The number of ketones is 1. The number of benzene rings is 1. The summed E-state index contributed by atoms with van der Waals surface area (Å²) in [5, 5.41) is 0. The van der Waals surface area contributed by atoms with Gasteiger partial charge in [0, 0.05) is 12.3 Å². The van der Waals surface area contributed by atoms with E-state index in [0.29, 0.717) is 5.92 Å². The van der Waals surface area contributed by atoms with Crippen molar-refractivity contribution < 1.29 is 13.6 Å². The Hall–Kier alpha value is -1.25. The highest BCUT2D eigenvalue weighted by atomic mass is 19.1. The summed E-state index contributed by atoms with van der Waals surface area (Å²) in [5.74, 6) is 0.661. The molecule has 0 aromatic heterocycles. The highest BCUT2D eigenvalue weighted by Crippen LogP contribution is 2.43. The molecule has 0 spiro atoms. The Labute approximate surface area is 124 Å². The number of halogens is 2. The largest absolute Gasteiger partial charge is 0.299 e. The van der Waals surface area contributed by atoms with Gasteiger partial charge in [-0.25, -0.2) is 8.78 Å². The molecule has 0 saturated heterocycles. The second-order valence-electron chi connectivity index (χ2n) is 6.69. The van der Waals surface area contributed by atoms with Crippen LogP contribution >= 0.6 is 0 Å². The molecule has 3 atom stereocenters. The van der Waals surface area contributed by atoms with Crippen molar-refractivity contribution in [3.63, 3.8) is 0 Å². The first-order chi connectivity index (χ1) is 10.1. The van der Waals surface area contributed by atoms with E-state index in [1.807, 2.05) is 0 Å². The third-order valence-corrected chi connectivity index (χ3v) is 5.37. The summed E-state index contributed by atoms with van der Waals surface area (Å²) in [7, 11) is 0. The standard InChI is InChI=1S/C18H22F2O/c19-16-7-8-17(20)15(10-16)11-18(21)14-6-5-12-3-1-2-4-13(12)9-14/h7-8,10,12-14H,1-6,9,11H2. The van der Waals surface area contributed by atoms with E-state index in [4.69, 9.17) is 0 Å². The molecule has 0 aliphatic heterocycles. The van der Waals surface area contributed by atoms with Crippen molar-refractivity contribution in [2.75, 3.05) is 0 Å². The van der Waals surface area contributed by atoms with E-state index in [2.05, 4.69) is 0 Å². The number of carbonyl (C=O) groups is 1. The topological polar surface area (TPSA) is 17.1 Å². The Bertz CT molecular complexity index is 526. The van der Waals surface area contributed by atoms with Crippen LogP contribution in [-0.2, 0) is 11.2 Å². The van der Waals surface area contributed by atoms with Crippen LogP contribution in [-0.4, -0.2) is 5.78 Å². The van der Waals surface area contributed by atoms with Gasteiger partial charge >= 0.3 is 0 Å². The van der Waals surface area contributed by atoms with Gasteiger partial charge in [-0.3, -0.25) is 4.79 Å². The number of fused-ring (bicyclic) bond motifs is 1. The molecule has 0 heterocycles. The van der Waals surface area contributed by atoms with Crippen molar-refractivity contribution in [3.05, 3.63) is 35.4 Å². The Balaban J connectivity index is 1.64. The van der Waals surface area contributed by atoms with Gasteiger partial charge in [0.05, 0.1) is 0 Å². The molecule has 1 nitrogen and oxygen atoms in total. The van der Waals surface area contributed by atoms with Gasteiger partial charge in [0.1, 0.15) is 17.4 Å². The molecule has 21 heavy (non-hydrogen) atoms. The van der Waals surface area contributed by atoms with E-state index in [1.54, 1.807) is 0 Å². The second kappa shape index (κ2) is 6.25. The van der Waals surface area contributed by atoms with Crippen LogP contribution in [0.25, 0.3) is 0 Å². The van der Waals surface area contributed by atoms with Gasteiger partial charge in [0.25, 0.3) is 0 Å². The van der Waals surface area contributed by atoms with Gasteiger partial charge < -0.3 is 0 Å². The summed E-state index contributed by atoms with van der Waals surface area (Å²) < 4.78 is 26.8. The van der Waals surface area contributed by atoms with Crippen LogP contribution in [0.5, 0.6) is 0 Å². The van der Waals surface area contributed by atoms with Crippen molar-refractivity contribution in [2.24, 2.45) is 17.8 Å². The lowest BCUT2D eigenvalue weighted by Crippen LogP contribution is -2.32. The number of hydrogen-bond acceptors (Lipinski definition) is 1. The molecule has 2 saturated carbocycles. The minimum absolute atomic E-state index is 0.0334. The first-order valence-corrected chi connectivity index (χ1v) is 8.10. The SMILES string of the molecule is O=C(Cc1cc(F)ccc1F)C1CCC2CCCCC2C1. The van der Waals surface area contributed by atoms with E-state index in [1.165, 1.54) is 25.7 Å². The first-order valence-electron chi connectivity index (χ1n) is 8.10. The molecule has 114 valence electrons. The summed E-state index contributed by atoms with van der Waals surface area (Å²) in [6, 6.07) is 3.35. The summed E-state index contributed by atoms with van der Waals surface area (Å²) in [6.45, 7) is 0. The molecule has 0 bridgehead atoms. The van der Waals surface area contributed by atoms with Gasteiger partial charge in [-0.15, -0.1) is 0 Å². The maximum Gasteiger partial charge on any atom is 0.140 e. The molecule has 3 rings (SSSR count). The zero-order valence-electron chi connectivity index (χ0n) is 12.3. The number of rotatable bonds is 3. The number of hydrogen-bond donors (Lipinski definition) is 0. The van der Waals surface area contributed by atoms with Crippen molar-refractivity contribution >= 4 is 5.78 Å². The van der Waals surface area contributed by atoms with E-state index < -0.39 is 11.6 Å². The number of Topliss-reactive ketones (excluding diaryl/α,β-unsaturated/α-hetero) is 1. The van der Waals surface area contributed by atoms with Gasteiger partial charge in [-0.1, -0.05) is 25.7 Å². The Morgan fingerprint density at radius 1 is 1.05 bits per heavy atom. The Morgan fingerprint density at radius 3 is 2.62 bits per heavy atom. The molecule has 0 amide bonds. The molecule has 2 aliphatic carbocycles. The van der Waals surface area contributed by atoms with Gasteiger partial charge in [0.2, 0.25) is 0 Å². The van der Waals surface area contributed by atoms with Crippen LogP contribution in [0.3, 0.4) is 0 Å². The molecule has 1 aromatic carbocycles. The smallest absolute Gasteiger partial charge is 0.140 e. The van der Waals surface area contributed by atoms with E-state index in [-0.39, 0.29) is 23.7 Å². The Kier molecular flexibility index (Phi) is 4.37. The maximum atomic E-state index is 13.6. The van der Waals surface area contributed by atoms with Crippen molar-refractivity contribution in [1.82, 2.24) is 0 Å². The molecule has 2 aliphatic rings. The van der Waals surface area contributed by atoms with Crippen LogP contribution in [0.2, 0.25) is 0 Å². The van der Waals surface area contributed by atoms with Crippen LogP contribution in [0, 0.1) is 29.4 Å². The highest BCUT2D eigenvalue weighted by molar-refractivity contribution is 5.83. The fourth-order valence-electron chi connectivity index (χ4n) is 4.18. The van der Waals surface area contributed by atoms with E-state index >= 15 is 0 Å². The highest BCUT2D eigenvalue weighted by Gasteiger charge is 2.34. The Morgan fingerprint density at radius 2 is 1.81 bits per heavy atom. The predicted octanol–water partition coefficient (Wildman–Crippen LogP) is 4.68. The quantitative estimate of drug-likeness (QED) is 0.790. The summed E-state index contributed by atoms with van der Waals surface area (Å²) in [4.78, 5) is 12.4. The van der Waals surface area contributed by atoms with E-state index in [0.717, 1.165) is 43.4 Å². The van der Waals surface area contributed by atoms with Gasteiger partial charge in [-0.05, 0) is 54.9 Å². The average molecular weight is 292 g/mol. The molecule has 2 fully saturated rings. The first kappa shape index (κ1) is 14.7. The lowest BCUT2D eigenvalue weighted by Gasteiger charge is -2.38. The van der Waals surface area contributed by atoms with Crippen LogP contribution in [0.4, 0.5) is 8.78 Å². The van der Waals surface area contributed by atoms with Crippen molar-refractivity contribution in [3.8, 4) is 0 Å². The van der Waals surface area contributed by atoms with Gasteiger partial charge in [0.15, 0.2) is 0 Å². The fraction of sp³-hybridized carbons (Fsp3) is 0.611. The van der Waals surface area contributed by atoms with Crippen LogP contribution < -0.4 is 0 Å². The predicted molar refractivity (Wildman–Crippen MR) is 77.9 cm³/mol. The summed E-state index contributed by atoms with van der Waals surface area (Å²) in [6.07, 6.45) is 8.21. The molecule has 0 radical (unpaired) electrons. The van der Waals surface area contributed by atoms with E-state index in [9.17, 15) is 13.6 Å². The third kappa shape index (κ3) is 3.33. The van der Waals surface area contributed by atoms with Gasteiger partial charge in [-0.2, -0.15) is 0 Å². The molecular weight excluding hydrogens is 270 g/mol. The normalized spacial score (nSPS) is 29.0. The fourth-order valence-corrected chi connectivity index (χ4v) is 4.18. The minimum atomic E-state index is -0.477. The maximum absolute atomic E-state index is 13.6. The minimum Gasteiger partial charge on any atom is -0.299 e. The van der Waals surface area contributed by atoms with Crippen LogP contribution in [0.1, 0.15) is 50.5 Å². The monoisotopic (exact) mass is 292 g/mol. The average Bonchev–Trinajstić information content (AvgIpc) is 2.50. The molecule has 3 heteroatoms. The van der Waals surface area contributed by atoms with Crippen molar-refractivity contribution in [1.29, 1.82) is 0 Å². The van der Waals surface area contributed by atoms with Crippen molar-refractivity contribution in [2.45, 2.75) is 51.4 Å². The molecule has 0 N–H and O–H groups in total. The second-order valence-corrected chi connectivity index (χ2v) is 6.69. The van der Waals surface area contributed by atoms with Crippen LogP contribution in [0.15, 0.2) is 18.2 Å². The lowest BCUT2D eigenvalue weighted by atomic mass is 9.66. The zero-order valence-corrected chi connectivity index (χ0v) is 12.3. The number of carbonyl (C=O) groups excluding carboxylic acids is 1. The summed E-state index contributed by atoms with van der Waals surface area (Å²) >= 11 is 0. The lowest BCUT2D eigenvalue weighted by molar-refractivity contribution is -0.124.